The van der Waals surface area contributed by atoms with Crippen molar-refractivity contribution in [1.29, 1.82) is 0 Å². The van der Waals surface area contributed by atoms with Gasteiger partial charge in [0.2, 0.25) is 5.91 Å². The van der Waals surface area contributed by atoms with E-state index < -0.39 is 12.0 Å². The highest BCUT2D eigenvalue weighted by Gasteiger charge is 2.32. The van der Waals surface area contributed by atoms with Crippen LogP contribution in [0.4, 0.5) is 0 Å². The minimum Gasteiger partial charge on any atom is -0.480 e. The summed E-state index contributed by atoms with van der Waals surface area (Å²) in [4.78, 5) is 34.7. The van der Waals surface area contributed by atoms with Crippen LogP contribution in [-0.2, 0) is 14.4 Å². The molecule has 0 saturated heterocycles. The predicted molar refractivity (Wildman–Crippen MR) is 97.6 cm³/mol. The Kier molecular flexibility index (Phi) is 9.28. The first-order valence-corrected chi connectivity index (χ1v) is 10.3. The van der Waals surface area contributed by atoms with E-state index in [0.717, 1.165) is 0 Å². The highest BCUT2D eigenvalue weighted by atomic mass is 33.1. The molecule has 0 aliphatic carbocycles. The number of ketones is 1. The molecule has 1 atom stereocenters. The van der Waals surface area contributed by atoms with E-state index in [2.05, 4.69) is 5.32 Å². The molecule has 0 saturated carbocycles. The average Bonchev–Trinajstić information content (AvgIpc) is 2.29. The van der Waals surface area contributed by atoms with E-state index >= 15 is 0 Å². The summed E-state index contributed by atoms with van der Waals surface area (Å²) in [6.07, 6.45) is 3.29. The first-order valence-electron chi connectivity index (χ1n) is 7.56. The Morgan fingerprint density at radius 2 is 1.61 bits per heavy atom. The number of nitrogens with one attached hydrogen (secondary N) is 1. The molecule has 0 aromatic heterocycles. The van der Waals surface area contributed by atoms with Crippen LogP contribution in [0, 0.1) is 10.8 Å². The van der Waals surface area contributed by atoms with E-state index in [1.165, 1.54) is 21.6 Å². The summed E-state index contributed by atoms with van der Waals surface area (Å²) in [5, 5.41) is 11.8. The van der Waals surface area contributed by atoms with Crippen LogP contribution in [-0.4, -0.2) is 40.8 Å². The third-order valence-corrected chi connectivity index (χ3v) is 5.13. The molecule has 0 aliphatic heterocycles. The third kappa shape index (κ3) is 10.7. The van der Waals surface area contributed by atoms with Crippen LogP contribution in [0.25, 0.3) is 0 Å². The number of aliphatic carboxylic acids is 1. The number of carboxylic acids is 1. The molecule has 2 N–H and O–H groups in total. The number of carbonyl (C=O) groups excluding carboxylic acids is 2. The van der Waals surface area contributed by atoms with Crippen LogP contribution >= 0.6 is 21.6 Å². The molecule has 134 valence electrons. The molecule has 0 aromatic rings. The number of rotatable bonds is 11. The second kappa shape index (κ2) is 9.57. The van der Waals surface area contributed by atoms with Crippen LogP contribution in [0.1, 0.15) is 53.9 Å². The third-order valence-electron chi connectivity index (χ3n) is 3.31. The monoisotopic (exact) mass is 363 g/mol. The Balaban J connectivity index is 4.66. The zero-order valence-corrected chi connectivity index (χ0v) is 16.5. The van der Waals surface area contributed by atoms with Crippen molar-refractivity contribution < 1.29 is 19.5 Å². The minimum absolute atomic E-state index is 0.135. The highest BCUT2D eigenvalue weighted by Crippen LogP contribution is 2.38. The molecule has 7 heteroatoms. The summed E-state index contributed by atoms with van der Waals surface area (Å²) >= 11 is 0. The normalized spacial score (nSPS) is 13.5. The average molecular weight is 364 g/mol. The van der Waals surface area contributed by atoms with Gasteiger partial charge in [0.25, 0.3) is 0 Å². The first-order chi connectivity index (χ1) is 10.4. The maximum Gasteiger partial charge on any atom is 0.327 e. The molecule has 5 nitrogen and oxygen atoms in total. The predicted octanol–water partition coefficient (Wildman–Crippen LogP) is 3.38. The summed E-state index contributed by atoms with van der Waals surface area (Å²) in [5.74, 6) is -0.814. The van der Waals surface area contributed by atoms with Crippen molar-refractivity contribution in [3.8, 4) is 0 Å². The summed E-state index contributed by atoms with van der Waals surface area (Å²) in [5.41, 5.74) is -0.491. The lowest BCUT2D eigenvalue weighted by atomic mass is 9.71. The summed E-state index contributed by atoms with van der Waals surface area (Å²) in [7, 11) is 2.88. The fourth-order valence-electron chi connectivity index (χ4n) is 3.09. The lowest BCUT2D eigenvalue weighted by Crippen LogP contribution is -2.44. The second-order valence-corrected chi connectivity index (χ2v) is 10.1. The van der Waals surface area contributed by atoms with Crippen molar-refractivity contribution in [2.75, 3.05) is 12.0 Å². The molecule has 1 amide bonds. The Morgan fingerprint density at radius 1 is 1.09 bits per heavy atom. The molecule has 0 heterocycles. The van der Waals surface area contributed by atoms with Crippen LogP contribution in [0.15, 0.2) is 0 Å². The van der Waals surface area contributed by atoms with Crippen molar-refractivity contribution >= 4 is 39.2 Å². The molecule has 0 aromatic carbocycles. The zero-order valence-electron chi connectivity index (χ0n) is 14.9. The molecule has 1 unspecified atom stereocenters. The Bertz CT molecular complexity index is 436. The van der Waals surface area contributed by atoms with Gasteiger partial charge in [0, 0.05) is 18.6 Å². The van der Waals surface area contributed by atoms with Gasteiger partial charge in [-0.15, -0.1) is 0 Å². The van der Waals surface area contributed by atoms with E-state index in [0.29, 0.717) is 18.6 Å². The summed E-state index contributed by atoms with van der Waals surface area (Å²) in [6, 6.07) is -0.874. The lowest BCUT2D eigenvalue weighted by molar-refractivity contribution is -0.141. The zero-order chi connectivity index (χ0) is 18.3. The van der Waals surface area contributed by atoms with E-state index in [4.69, 9.17) is 5.11 Å². The number of amides is 1. The lowest BCUT2D eigenvalue weighted by Gasteiger charge is -2.34. The van der Waals surface area contributed by atoms with Crippen molar-refractivity contribution in [2.24, 2.45) is 10.8 Å². The smallest absolute Gasteiger partial charge is 0.327 e. The standard InChI is InChI=1S/C16H29NO4S2/c1-11(18)7-15(2,3)10-16(4,5)8-13(19)17-12(14(20)21)9-23-22-6/h12H,7-10H2,1-6H3,(H,17,19)(H,20,21). The number of carboxylic acid groups (broad SMARTS) is 1. The van der Waals surface area contributed by atoms with Gasteiger partial charge < -0.3 is 15.2 Å². The summed E-state index contributed by atoms with van der Waals surface area (Å²) in [6.45, 7) is 9.55. The van der Waals surface area contributed by atoms with Crippen molar-refractivity contribution in [2.45, 2.75) is 59.9 Å². The fraction of sp³-hybridized carbons (Fsp3) is 0.812. The van der Waals surface area contributed by atoms with Crippen molar-refractivity contribution in [3.05, 3.63) is 0 Å². The van der Waals surface area contributed by atoms with Gasteiger partial charge in [-0.1, -0.05) is 49.3 Å². The Hall–Kier alpha value is -0.690. The van der Waals surface area contributed by atoms with Gasteiger partial charge in [-0.25, -0.2) is 4.79 Å². The maximum atomic E-state index is 12.2. The quantitative estimate of drug-likeness (QED) is 0.548. The van der Waals surface area contributed by atoms with Gasteiger partial charge in [0.15, 0.2) is 0 Å². The fourth-order valence-corrected chi connectivity index (χ4v) is 4.40. The van der Waals surface area contributed by atoms with E-state index in [-0.39, 0.29) is 28.9 Å². The molecule has 0 rings (SSSR count). The summed E-state index contributed by atoms with van der Waals surface area (Å²) < 4.78 is 0. The second-order valence-electron chi connectivity index (χ2n) is 7.47. The largest absolute Gasteiger partial charge is 0.480 e. The molecular weight excluding hydrogens is 334 g/mol. The van der Waals surface area contributed by atoms with Gasteiger partial charge in [-0.2, -0.15) is 0 Å². The van der Waals surface area contributed by atoms with Gasteiger partial charge in [0.05, 0.1) is 0 Å². The Morgan fingerprint density at radius 3 is 2.04 bits per heavy atom. The molecule has 0 aliphatic rings. The number of hydrogen-bond acceptors (Lipinski definition) is 5. The van der Waals surface area contributed by atoms with E-state index in [9.17, 15) is 14.4 Å². The molecular formula is C16H29NO4S2. The maximum absolute atomic E-state index is 12.2. The van der Waals surface area contributed by atoms with Gasteiger partial charge in [-0.3, -0.25) is 4.79 Å². The van der Waals surface area contributed by atoms with Crippen LogP contribution in [0.5, 0.6) is 0 Å². The van der Waals surface area contributed by atoms with Crippen molar-refractivity contribution in [3.63, 3.8) is 0 Å². The van der Waals surface area contributed by atoms with E-state index in [1.54, 1.807) is 6.92 Å². The topological polar surface area (TPSA) is 83.5 Å². The molecule has 0 radical (unpaired) electrons. The highest BCUT2D eigenvalue weighted by molar-refractivity contribution is 8.76. The molecule has 0 bridgehead atoms. The van der Waals surface area contributed by atoms with Crippen LogP contribution < -0.4 is 5.32 Å². The molecule has 23 heavy (non-hydrogen) atoms. The Labute approximate surface area is 147 Å². The molecule has 0 fully saturated rings. The van der Waals surface area contributed by atoms with Crippen molar-refractivity contribution in [1.82, 2.24) is 5.32 Å². The first kappa shape index (κ1) is 22.3. The van der Waals surface area contributed by atoms with E-state index in [1.807, 2.05) is 34.0 Å². The minimum atomic E-state index is -1.02. The van der Waals surface area contributed by atoms with Gasteiger partial charge in [-0.05, 0) is 30.4 Å². The number of hydrogen-bond donors (Lipinski definition) is 2. The number of carbonyl (C=O) groups is 3. The van der Waals surface area contributed by atoms with Gasteiger partial charge >= 0.3 is 5.97 Å². The van der Waals surface area contributed by atoms with Crippen LogP contribution in [0.3, 0.4) is 0 Å². The van der Waals surface area contributed by atoms with Crippen LogP contribution in [0.2, 0.25) is 0 Å². The number of Topliss-reactive ketones (excluding diaryl/α,β-unsaturated/α-hetero) is 1. The molecule has 0 spiro atoms. The SMILES string of the molecule is CSSCC(NC(=O)CC(C)(C)CC(C)(C)CC(C)=O)C(=O)O. The van der Waals surface area contributed by atoms with Gasteiger partial charge in [0.1, 0.15) is 11.8 Å².